The van der Waals surface area contributed by atoms with Crippen molar-refractivity contribution >= 4 is 28.7 Å². The molecule has 0 aliphatic carbocycles. The molecule has 6 nitrogen and oxygen atoms in total. The Bertz CT molecular complexity index is 1090. The average molecular weight is 372 g/mol. The molecule has 134 valence electrons. The molecule has 0 unspecified atom stereocenters. The summed E-state index contributed by atoms with van der Waals surface area (Å²) >= 11 is 6.23. The van der Waals surface area contributed by atoms with E-state index >= 15 is 0 Å². The first-order chi connectivity index (χ1) is 12.5. The molecule has 3 rings (SSSR count). The van der Waals surface area contributed by atoms with E-state index in [1.54, 1.807) is 42.5 Å². The number of nitrogens with one attached hydrogen (secondary N) is 1. The number of H-pyrrole nitrogens is 1. The number of halogens is 1. The quantitative estimate of drug-likeness (QED) is 0.698. The predicted octanol–water partition coefficient (Wildman–Crippen LogP) is 3.40. The van der Waals surface area contributed by atoms with Gasteiger partial charge in [0.25, 0.3) is 5.56 Å². The summed E-state index contributed by atoms with van der Waals surface area (Å²) in [7, 11) is 0. The first kappa shape index (κ1) is 17.9. The molecule has 1 N–H and O–H groups in total. The smallest absolute Gasteiger partial charge is 0.349 e. The summed E-state index contributed by atoms with van der Waals surface area (Å²) in [6.07, 6.45) is 2.33. The Morgan fingerprint density at radius 2 is 2.04 bits per heavy atom. The topological polar surface area (TPSA) is 76.5 Å². The normalized spacial score (nSPS) is 12.6. The summed E-state index contributed by atoms with van der Waals surface area (Å²) in [6, 6.07) is 11.9. The third kappa shape index (κ3) is 3.70. The van der Waals surface area contributed by atoms with Crippen LogP contribution in [0.4, 0.5) is 0 Å². The molecule has 0 aliphatic heterocycles. The van der Waals surface area contributed by atoms with Crippen molar-refractivity contribution in [3.8, 4) is 5.75 Å². The maximum Gasteiger partial charge on any atom is 0.349 e. The summed E-state index contributed by atoms with van der Waals surface area (Å²) in [5.74, 6) is 0.582. The lowest BCUT2D eigenvalue weighted by atomic mass is 10.2. The Hall–Kier alpha value is -2.86. The van der Waals surface area contributed by atoms with Gasteiger partial charge < -0.3 is 9.72 Å². The van der Waals surface area contributed by atoms with E-state index < -0.39 is 11.2 Å². The molecule has 3 aromatic rings. The molecule has 1 aromatic heterocycles. The number of para-hydroxylation sites is 1. The Morgan fingerprint density at radius 1 is 1.27 bits per heavy atom. The maximum atomic E-state index is 12.4. The number of rotatable bonds is 5. The number of aromatic nitrogens is 2. The van der Waals surface area contributed by atoms with Crippen LogP contribution in [0.15, 0.2) is 57.2 Å². The van der Waals surface area contributed by atoms with E-state index in [-0.39, 0.29) is 6.10 Å². The Kier molecular flexibility index (Phi) is 5.23. The lowest BCUT2D eigenvalue weighted by molar-refractivity contribution is 0.217. The van der Waals surface area contributed by atoms with Crippen molar-refractivity contribution in [3.05, 3.63) is 73.9 Å². The van der Waals surface area contributed by atoms with Gasteiger partial charge in [-0.25, -0.2) is 4.79 Å². The summed E-state index contributed by atoms with van der Waals surface area (Å²) < 4.78 is 6.50. The van der Waals surface area contributed by atoms with E-state index in [1.165, 1.54) is 6.21 Å². The SMILES string of the molecule is CC[C@@H](C)Oc1ccc(C=Nn2c(=O)[nH]c3ccccc3c2=O)cc1Cl. The van der Waals surface area contributed by atoms with E-state index in [1.807, 2.05) is 13.8 Å². The van der Waals surface area contributed by atoms with E-state index in [4.69, 9.17) is 16.3 Å². The molecular formula is C19H18ClN3O3. The van der Waals surface area contributed by atoms with Gasteiger partial charge in [0.1, 0.15) is 5.75 Å². The standard InChI is InChI=1S/C19H18ClN3O3/c1-3-12(2)26-17-9-8-13(10-15(17)20)11-21-23-18(24)14-6-4-5-7-16(14)22-19(23)25/h4-12H,3H2,1-2H3,(H,22,25)/t12-/m1/s1. The van der Waals surface area contributed by atoms with Crippen LogP contribution in [0.5, 0.6) is 5.75 Å². The van der Waals surface area contributed by atoms with Gasteiger partial charge in [-0.2, -0.15) is 5.10 Å². The van der Waals surface area contributed by atoms with Crippen molar-refractivity contribution in [1.82, 2.24) is 9.66 Å². The van der Waals surface area contributed by atoms with Gasteiger partial charge in [0.05, 0.1) is 28.2 Å². The number of ether oxygens (including phenoxy) is 1. The van der Waals surface area contributed by atoms with Gasteiger partial charge in [0.2, 0.25) is 0 Å². The zero-order valence-corrected chi connectivity index (χ0v) is 15.2. The van der Waals surface area contributed by atoms with Crippen molar-refractivity contribution in [2.24, 2.45) is 5.10 Å². The molecule has 0 bridgehead atoms. The highest BCUT2D eigenvalue weighted by molar-refractivity contribution is 6.32. The molecule has 1 atom stereocenters. The van der Waals surface area contributed by atoms with Crippen molar-refractivity contribution < 1.29 is 4.74 Å². The minimum Gasteiger partial charge on any atom is -0.489 e. The highest BCUT2D eigenvalue weighted by Gasteiger charge is 2.08. The maximum absolute atomic E-state index is 12.4. The number of benzene rings is 2. The van der Waals surface area contributed by atoms with Gasteiger partial charge in [-0.15, -0.1) is 4.68 Å². The molecule has 0 spiro atoms. The summed E-state index contributed by atoms with van der Waals surface area (Å²) in [4.78, 5) is 27.2. The second-order valence-corrected chi connectivity index (χ2v) is 6.27. The minimum absolute atomic E-state index is 0.0572. The van der Waals surface area contributed by atoms with Crippen LogP contribution in [0.1, 0.15) is 25.8 Å². The van der Waals surface area contributed by atoms with Crippen molar-refractivity contribution in [3.63, 3.8) is 0 Å². The molecule has 1 heterocycles. The molecule has 0 amide bonds. The fourth-order valence-electron chi connectivity index (χ4n) is 2.38. The summed E-state index contributed by atoms with van der Waals surface area (Å²) in [5, 5.41) is 4.84. The van der Waals surface area contributed by atoms with E-state index in [9.17, 15) is 9.59 Å². The van der Waals surface area contributed by atoms with Gasteiger partial charge in [-0.3, -0.25) is 4.79 Å². The molecule has 0 aliphatic rings. The number of aromatic amines is 1. The predicted molar refractivity (Wildman–Crippen MR) is 104 cm³/mol. The van der Waals surface area contributed by atoms with Crippen LogP contribution >= 0.6 is 11.6 Å². The fourth-order valence-corrected chi connectivity index (χ4v) is 2.61. The van der Waals surface area contributed by atoms with Crippen molar-refractivity contribution in [2.45, 2.75) is 26.4 Å². The number of hydrogen-bond donors (Lipinski definition) is 1. The Balaban J connectivity index is 1.93. The highest BCUT2D eigenvalue weighted by atomic mass is 35.5. The van der Waals surface area contributed by atoms with Crippen LogP contribution in [0, 0.1) is 0 Å². The number of hydrogen-bond acceptors (Lipinski definition) is 4. The van der Waals surface area contributed by atoms with E-state index in [0.717, 1.165) is 11.1 Å². The molecule has 0 saturated carbocycles. The van der Waals surface area contributed by atoms with E-state index in [2.05, 4.69) is 10.1 Å². The second-order valence-electron chi connectivity index (χ2n) is 5.86. The van der Waals surface area contributed by atoms with Crippen molar-refractivity contribution in [2.75, 3.05) is 0 Å². The zero-order valence-electron chi connectivity index (χ0n) is 14.4. The molecule has 0 radical (unpaired) electrons. The van der Waals surface area contributed by atoms with E-state index in [0.29, 0.717) is 27.2 Å². The van der Waals surface area contributed by atoms with Crippen LogP contribution in [-0.4, -0.2) is 22.0 Å². The van der Waals surface area contributed by atoms with Gasteiger partial charge in [-0.05, 0) is 49.2 Å². The fraction of sp³-hybridized carbons (Fsp3) is 0.211. The second kappa shape index (κ2) is 7.58. The van der Waals surface area contributed by atoms with Crippen LogP contribution in [0.2, 0.25) is 5.02 Å². The summed E-state index contributed by atoms with van der Waals surface area (Å²) in [6.45, 7) is 3.99. The lowest BCUT2D eigenvalue weighted by Crippen LogP contribution is -2.32. The highest BCUT2D eigenvalue weighted by Crippen LogP contribution is 2.26. The summed E-state index contributed by atoms with van der Waals surface area (Å²) in [5.41, 5.74) is 0.0330. The zero-order chi connectivity index (χ0) is 18.7. The Morgan fingerprint density at radius 3 is 2.77 bits per heavy atom. The third-order valence-corrected chi connectivity index (χ3v) is 4.26. The largest absolute Gasteiger partial charge is 0.489 e. The first-order valence-corrected chi connectivity index (χ1v) is 8.62. The molecule has 2 aromatic carbocycles. The third-order valence-electron chi connectivity index (χ3n) is 3.97. The van der Waals surface area contributed by atoms with Crippen LogP contribution in [-0.2, 0) is 0 Å². The van der Waals surface area contributed by atoms with Crippen LogP contribution in [0.3, 0.4) is 0 Å². The molecule has 7 heteroatoms. The van der Waals surface area contributed by atoms with Crippen LogP contribution in [0.25, 0.3) is 10.9 Å². The first-order valence-electron chi connectivity index (χ1n) is 8.24. The molecule has 0 saturated heterocycles. The molecule has 0 fully saturated rings. The molecular weight excluding hydrogens is 354 g/mol. The molecule has 26 heavy (non-hydrogen) atoms. The van der Waals surface area contributed by atoms with Gasteiger partial charge >= 0.3 is 5.69 Å². The average Bonchev–Trinajstić information content (AvgIpc) is 2.63. The van der Waals surface area contributed by atoms with Gasteiger partial charge in [0, 0.05) is 0 Å². The number of nitrogens with zero attached hydrogens (tertiary/aromatic N) is 2. The number of fused-ring (bicyclic) bond motifs is 1. The Labute approximate surface area is 154 Å². The van der Waals surface area contributed by atoms with Gasteiger partial charge in [0.15, 0.2) is 0 Å². The van der Waals surface area contributed by atoms with Crippen LogP contribution < -0.4 is 16.0 Å². The lowest BCUT2D eigenvalue weighted by Gasteiger charge is -2.13. The minimum atomic E-state index is -0.604. The monoisotopic (exact) mass is 371 g/mol. The van der Waals surface area contributed by atoms with Gasteiger partial charge in [-0.1, -0.05) is 30.7 Å². The van der Waals surface area contributed by atoms with Crippen molar-refractivity contribution in [1.29, 1.82) is 0 Å².